The van der Waals surface area contributed by atoms with Crippen molar-refractivity contribution in [1.82, 2.24) is 15.1 Å². The van der Waals surface area contributed by atoms with E-state index in [-0.39, 0.29) is 29.5 Å². The fourth-order valence-corrected chi connectivity index (χ4v) is 3.93. The van der Waals surface area contributed by atoms with Gasteiger partial charge in [-0.05, 0) is 63.1 Å². The van der Waals surface area contributed by atoms with Gasteiger partial charge in [0.15, 0.2) is 5.76 Å². The summed E-state index contributed by atoms with van der Waals surface area (Å²) in [5.41, 5.74) is 2.24. The van der Waals surface area contributed by atoms with Gasteiger partial charge in [-0.1, -0.05) is 12.8 Å². The molecule has 3 N–H and O–H groups in total. The Kier molecular flexibility index (Phi) is 5.79. The molecule has 1 aromatic carbocycles. The molecule has 0 aliphatic heterocycles. The van der Waals surface area contributed by atoms with E-state index in [2.05, 4.69) is 15.7 Å². The lowest BCUT2D eigenvalue weighted by atomic mass is 10.0. The van der Waals surface area contributed by atoms with Crippen LogP contribution in [-0.2, 0) is 0 Å². The number of nitrogens with one attached hydrogen (secondary N) is 2. The zero-order valence-electron chi connectivity index (χ0n) is 17.6. The van der Waals surface area contributed by atoms with E-state index in [9.17, 15) is 14.7 Å². The van der Waals surface area contributed by atoms with E-state index >= 15 is 0 Å². The number of amides is 2. The van der Waals surface area contributed by atoms with Crippen molar-refractivity contribution in [3.05, 3.63) is 54.1 Å². The smallest absolute Gasteiger partial charge is 0.342 e. The summed E-state index contributed by atoms with van der Waals surface area (Å²) in [4.78, 5) is 25.1. The largest absolute Gasteiger partial charge is 0.507 e. The van der Waals surface area contributed by atoms with Crippen LogP contribution in [0.2, 0.25) is 0 Å². The first-order valence-electron chi connectivity index (χ1n) is 10.5. The molecule has 2 heterocycles. The first-order valence-corrected chi connectivity index (χ1v) is 10.5. The summed E-state index contributed by atoms with van der Waals surface area (Å²) in [7, 11) is 0. The van der Waals surface area contributed by atoms with Crippen LogP contribution in [0.1, 0.15) is 61.7 Å². The normalized spacial score (nSPS) is 14.2. The molecule has 3 aromatic rings. The van der Waals surface area contributed by atoms with Crippen molar-refractivity contribution < 1.29 is 19.1 Å². The summed E-state index contributed by atoms with van der Waals surface area (Å²) in [6, 6.07) is 9.49. The fourth-order valence-electron chi connectivity index (χ4n) is 3.93. The quantitative estimate of drug-likeness (QED) is 0.515. The summed E-state index contributed by atoms with van der Waals surface area (Å²) < 4.78 is 6.53. The molecule has 8 heteroatoms. The maximum Gasteiger partial charge on any atom is 0.342 e. The Labute approximate surface area is 180 Å². The molecule has 1 fully saturated rings. The van der Waals surface area contributed by atoms with Crippen molar-refractivity contribution in [3.63, 3.8) is 0 Å². The van der Waals surface area contributed by atoms with Crippen LogP contribution >= 0.6 is 0 Å². The van der Waals surface area contributed by atoms with E-state index in [1.54, 1.807) is 24.3 Å². The monoisotopic (exact) mass is 422 g/mol. The maximum atomic E-state index is 12.8. The SMILES string of the molecule is CC(C)NC(=O)n1nc(-c2cc(NC(=O)c3ccco3)ccc2O)cc1C1CCCC1. The molecule has 0 saturated heterocycles. The molecule has 4 rings (SSSR count). The Morgan fingerprint density at radius 2 is 1.97 bits per heavy atom. The van der Waals surface area contributed by atoms with Crippen LogP contribution in [0, 0.1) is 0 Å². The topological polar surface area (TPSA) is 109 Å². The van der Waals surface area contributed by atoms with Gasteiger partial charge in [-0.2, -0.15) is 9.78 Å². The highest BCUT2D eigenvalue weighted by Crippen LogP contribution is 2.38. The number of phenols is 1. The molecule has 1 saturated carbocycles. The van der Waals surface area contributed by atoms with Gasteiger partial charge in [0.1, 0.15) is 5.75 Å². The number of furan rings is 1. The standard InChI is InChI=1S/C23H26N4O4/c1-14(2)24-23(30)27-19(15-6-3-4-7-15)13-18(26-27)17-12-16(9-10-20(17)28)25-22(29)21-8-5-11-31-21/h5,8-15,28H,3-4,6-7H2,1-2H3,(H,24,30)(H,25,29). The highest BCUT2D eigenvalue weighted by Gasteiger charge is 2.26. The zero-order valence-corrected chi connectivity index (χ0v) is 17.6. The zero-order chi connectivity index (χ0) is 22.0. The van der Waals surface area contributed by atoms with Gasteiger partial charge in [-0.15, -0.1) is 0 Å². The van der Waals surface area contributed by atoms with Crippen LogP contribution in [0.15, 0.2) is 47.1 Å². The number of anilines is 1. The first kappa shape index (κ1) is 20.7. The Morgan fingerprint density at radius 1 is 1.19 bits per heavy atom. The summed E-state index contributed by atoms with van der Waals surface area (Å²) in [6.45, 7) is 3.79. The van der Waals surface area contributed by atoms with Crippen LogP contribution < -0.4 is 10.6 Å². The Balaban J connectivity index is 1.68. The van der Waals surface area contributed by atoms with Crippen molar-refractivity contribution in [3.8, 4) is 17.0 Å². The highest BCUT2D eigenvalue weighted by molar-refractivity contribution is 6.02. The molecule has 1 aliphatic carbocycles. The van der Waals surface area contributed by atoms with Crippen LogP contribution in [0.4, 0.5) is 10.5 Å². The minimum Gasteiger partial charge on any atom is -0.507 e. The predicted molar refractivity (Wildman–Crippen MR) is 116 cm³/mol. The number of hydrogen-bond acceptors (Lipinski definition) is 5. The van der Waals surface area contributed by atoms with Gasteiger partial charge < -0.3 is 20.2 Å². The van der Waals surface area contributed by atoms with Crippen molar-refractivity contribution in [2.24, 2.45) is 0 Å². The summed E-state index contributed by atoms with van der Waals surface area (Å²) >= 11 is 0. The van der Waals surface area contributed by atoms with Gasteiger partial charge >= 0.3 is 6.03 Å². The highest BCUT2D eigenvalue weighted by atomic mass is 16.3. The van der Waals surface area contributed by atoms with E-state index in [1.165, 1.54) is 17.0 Å². The predicted octanol–water partition coefficient (Wildman–Crippen LogP) is 4.72. The second-order valence-electron chi connectivity index (χ2n) is 8.12. The van der Waals surface area contributed by atoms with E-state index in [1.807, 2.05) is 19.9 Å². The number of rotatable bonds is 5. The molecule has 0 unspecified atom stereocenters. The van der Waals surface area contributed by atoms with Crippen LogP contribution in [0.25, 0.3) is 11.3 Å². The number of hydrogen-bond donors (Lipinski definition) is 3. The lowest BCUT2D eigenvalue weighted by molar-refractivity contribution is 0.0996. The lowest BCUT2D eigenvalue weighted by Crippen LogP contribution is -2.35. The van der Waals surface area contributed by atoms with Crippen LogP contribution in [0.5, 0.6) is 5.75 Å². The van der Waals surface area contributed by atoms with Gasteiger partial charge in [-0.25, -0.2) is 4.79 Å². The molecular formula is C23H26N4O4. The molecule has 2 aromatic heterocycles. The minimum absolute atomic E-state index is 0.0166. The van der Waals surface area contributed by atoms with Gasteiger partial charge in [0, 0.05) is 23.2 Å². The molecule has 0 atom stereocenters. The maximum absolute atomic E-state index is 12.8. The number of nitrogens with zero attached hydrogens (tertiary/aromatic N) is 2. The molecule has 2 amide bonds. The molecule has 0 radical (unpaired) electrons. The lowest BCUT2D eigenvalue weighted by Gasteiger charge is -2.13. The molecule has 162 valence electrons. The van der Waals surface area contributed by atoms with E-state index in [0.29, 0.717) is 16.9 Å². The van der Waals surface area contributed by atoms with Crippen molar-refractivity contribution >= 4 is 17.6 Å². The average molecular weight is 422 g/mol. The number of aromatic hydroxyl groups is 1. The van der Waals surface area contributed by atoms with E-state index < -0.39 is 5.91 Å². The number of benzene rings is 1. The van der Waals surface area contributed by atoms with Gasteiger partial charge in [0.05, 0.1) is 17.7 Å². The molecule has 0 spiro atoms. The molecule has 0 bridgehead atoms. The number of carbonyl (C=O) groups excluding carboxylic acids is 2. The van der Waals surface area contributed by atoms with E-state index in [0.717, 1.165) is 31.4 Å². The number of aromatic nitrogens is 2. The van der Waals surface area contributed by atoms with Gasteiger partial charge in [0.2, 0.25) is 0 Å². The molecule has 8 nitrogen and oxygen atoms in total. The summed E-state index contributed by atoms with van der Waals surface area (Å²) in [6.07, 6.45) is 5.68. The van der Waals surface area contributed by atoms with Gasteiger partial charge in [0.25, 0.3) is 5.91 Å². The second kappa shape index (κ2) is 8.67. The summed E-state index contributed by atoms with van der Waals surface area (Å²) in [5.74, 6) is 0.0638. The minimum atomic E-state index is -0.393. The number of carbonyl (C=O) groups is 2. The Morgan fingerprint density at radius 3 is 2.65 bits per heavy atom. The third-order valence-corrected chi connectivity index (χ3v) is 5.39. The fraction of sp³-hybridized carbons (Fsp3) is 0.348. The number of phenolic OH excluding ortho intramolecular Hbond substituents is 1. The molecule has 31 heavy (non-hydrogen) atoms. The van der Waals surface area contributed by atoms with Crippen LogP contribution in [0.3, 0.4) is 0 Å². The van der Waals surface area contributed by atoms with E-state index in [4.69, 9.17) is 4.42 Å². The average Bonchev–Trinajstić information content (AvgIpc) is 3.49. The third-order valence-electron chi connectivity index (χ3n) is 5.39. The van der Waals surface area contributed by atoms with Crippen molar-refractivity contribution in [2.45, 2.75) is 51.5 Å². The molecule has 1 aliphatic rings. The first-order chi connectivity index (χ1) is 14.9. The van der Waals surface area contributed by atoms with Gasteiger partial charge in [-0.3, -0.25) is 4.79 Å². The second-order valence-corrected chi connectivity index (χ2v) is 8.12. The van der Waals surface area contributed by atoms with Crippen molar-refractivity contribution in [2.75, 3.05) is 5.32 Å². The molecular weight excluding hydrogens is 396 g/mol. The third kappa shape index (κ3) is 4.47. The van der Waals surface area contributed by atoms with Crippen molar-refractivity contribution in [1.29, 1.82) is 0 Å². The summed E-state index contributed by atoms with van der Waals surface area (Å²) in [5, 5.41) is 20.6. The van der Waals surface area contributed by atoms with Crippen LogP contribution in [-0.4, -0.2) is 32.9 Å². The Hall–Kier alpha value is -3.55. The Bertz CT molecular complexity index is 1080.